The van der Waals surface area contributed by atoms with Crippen molar-refractivity contribution < 1.29 is 9.84 Å². The maximum absolute atomic E-state index is 9.83. The fraction of sp³-hybridized carbons (Fsp3) is 0.571. The van der Waals surface area contributed by atoms with Crippen molar-refractivity contribution in [3.63, 3.8) is 0 Å². The number of hydrogen-bond donors (Lipinski definition) is 1. The van der Waals surface area contributed by atoms with Crippen molar-refractivity contribution in [3.8, 4) is 5.75 Å². The smallest absolute Gasteiger partial charge is 0.125 e. The first kappa shape index (κ1) is 13.0. The summed E-state index contributed by atoms with van der Waals surface area (Å²) < 4.78 is 5.70. The average molecular weight is 222 g/mol. The standard InChI is InChI=1S/C14H22O2/c1-3-5-8-11-16-14-10-7-6-9-12(14)13(15)4-2/h6-7,9-10,13,15H,3-5,8,11H2,1-2H3. The van der Waals surface area contributed by atoms with Crippen LogP contribution in [0, 0.1) is 0 Å². The molecule has 0 bridgehead atoms. The number of hydrogen-bond acceptors (Lipinski definition) is 2. The molecule has 1 unspecified atom stereocenters. The van der Waals surface area contributed by atoms with Crippen molar-refractivity contribution in [1.29, 1.82) is 0 Å². The summed E-state index contributed by atoms with van der Waals surface area (Å²) in [4.78, 5) is 0. The average Bonchev–Trinajstić information content (AvgIpc) is 2.34. The molecule has 1 rings (SSSR count). The number of para-hydroxylation sites is 1. The molecule has 0 saturated heterocycles. The molecule has 1 atom stereocenters. The Morgan fingerprint density at radius 3 is 2.62 bits per heavy atom. The fourth-order valence-electron chi connectivity index (χ4n) is 1.64. The third-order valence-corrected chi connectivity index (χ3v) is 2.67. The van der Waals surface area contributed by atoms with Gasteiger partial charge < -0.3 is 9.84 Å². The molecule has 90 valence electrons. The number of ether oxygens (including phenoxy) is 1. The molecule has 2 heteroatoms. The zero-order chi connectivity index (χ0) is 11.8. The maximum Gasteiger partial charge on any atom is 0.125 e. The van der Waals surface area contributed by atoms with E-state index in [9.17, 15) is 5.11 Å². The van der Waals surface area contributed by atoms with Crippen LogP contribution in [-0.2, 0) is 0 Å². The number of aliphatic hydroxyl groups excluding tert-OH is 1. The second kappa shape index (κ2) is 7.29. The summed E-state index contributed by atoms with van der Waals surface area (Å²) in [7, 11) is 0. The third-order valence-electron chi connectivity index (χ3n) is 2.67. The normalized spacial score (nSPS) is 12.4. The summed E-state index contributed by atoms with van der Waals surface area (Å²) in [6.45, 7) is 4.88. The van der Waals surface area contributed by atoms with Gasteiger partial charge in [0, 0.05) is 5.56 Å². The van der Waals surface area contributed by atoms with Crippen molar-refractivity contribution in [1.82, 2.24) is 0 Å². The van der Waals surface area contributed by atoms with Crippen LogP contribution in [0.2, 0.25) is 0 Å². The summed E-state index contributed by atoms with van der Waals surface area (Å²) in [5.41, 5.74) is 0.904. The first-order valence-corrected chi connectivity index (χ1v) is 6.19. The van der Waals surface area contributed by atoms with Crippen LogP contribution < -0.4 is 4.74 Å². The van der Waals surface area contributed by atoms with Gasteiger partial charge in [0.15, 0.2) is 0 Å². The van der Waals surface area contributed by atoms with E-state index >= 15 is 0 Å². The Morgan fingerprint density at radius 2 is 1.94 bits per heavy atom. The lowest BCUT2D eigenvalue weighted by molar-refractivity contribution is 0.167. The van der Waals surface area contributed by atoms with Crippen molar-refractivity contribution in [2.24, 2.45) is 0 Å². The SMILES string of the molecule is CCCCCOc1ccccc1C(O)CC. The number of aliphatic hydroxyl groups is 1. The van der Waals surface area contributed by atoms with E-state index in [1.165, 1.54) is 12.8 Å². The van der Waals surface area contributed by atoms with Gasteiger partial charge in [0.05, 0.1) is 12.7 Å². The maximum atomic E-state index is 9.83. The summed E-state index contributed by atoms with van der Waals surface area (Å²) in [5, 5.41) is 9.83. The first-order valence-electron chi connectivity index (χ1n) is 6.19. The third kappa shape index (κ3) is 3.86. The van der Waals surface area contributed by atoms with E-state index in [1.54, 1.807) is 0 Å². The molecule has 0 aliphatic carbocycles. The molecular weight excluding hydrogens is 200 g/mol. The molecule has 0 radical (unpaired) electrons. The zero-order valence-corrected chi connectivity index (χ0v) is 10.3. The van der Waals surface area contributed by atoms with Gasteiger partial charge in [-0.3, -0.25) is 0 Å². The Morgan fingerprint density at radius 1 is 1.19 bits per heavy atom. The van der Waals surface area contributed by atoms with E-state index in [0.717, 1.165) is 30.8 Å². The van der Waals surface area contributed by atoms with Gasteiger partial charge in [0.2, 0.25) is 0 Å². The highest BCUT2D eigenvalue weighted by Crippen LogP contribution is 2.26. The number of rotatable bonds is 7. The second-order valence-corrected chi connectivity index (χ2v) is 4.02. The van der Waals surface area contributed by atoms with Crippen molar-refractivity contribution in [2.75, 3.05) is 6.61 Å². The Labute approximate surface area is 98.3 Å². The van der Waals surface area contributed by atoms with Crippen LogP contribution in [0.5, 0.6) is 5.75 Å². The Hall–Kier alpha value is -1.02. The molecule has 0 aromatic heterocycles. The molecule has 0 aliphatic rings. The van der Waals surface area contributed by atoms with E-state index in [1.807, 2.05) is 31.2 Å². The number of unbranched alkanes of at least 4 members (excludes halogenated alkanes) is 2. The minimum absolute atomic E-state index is 0.414. The van der Waals surface area contributed by atoms with Crippen molar-refractivity contribution in [2.45, 2.75) is 45.6 Å². The zero-order valence-electron chi connectivity index (χ0n) is 10.3. The molecule has 0 heterocycles. The van der Waals surface area contributed by atoms with E-state index in [0.29, 0.717) is 0 Å². The molecule has 0 fully saturated rings. The lowest BCUT2D eigenvalue weighted by atomic mass is 10.1. The Balaban J connectivity index is 2.57. The van der Waals surface area contributed by atoms with Crippen LogP contribution in [0.1, 0.15) is 51.2 Å². The minimum atomic E-state index is -0.414. The van der Waals surface area contributed by atoms with Crippen molar-refractivity contribution >= 4 is 0 Å². The second-order valence-electron chi connectivity index (χ2n) is 4.02. The minimum Gasteiger partial charge on any atom is -0.493 e. The summed E-state index contributed by atoms with van der Waals surface area (Å²) in [6, 6.07) is 7.75. The van der Waals surface area contributed by atoms with Gasteiger partial charge in [-0.25, -0.2) is 0 Å². The van der Waals surface area contributed by atoms with E-state index in [2.05, 4.69) is 6.92 Å². The lowest BCUT2D eigenvalue weighted by Gasteiger charge is -2.14. The molecule has 0 amide bonds. The molecule has 1 N–H and O–H groups in total. The summed E-state index contributed by atoms with van der Waals surface area (Å²) in [6.07, 6.45) is 3.77. The summed E-state index contributed by atoms with van der Waals surface area (Å²) >= 11 is 0. The van der Waals surface area contributed by atoms with Gasteiger partial charge in [-0.1, -0.05) is 44.9 Å². The molecule has 0 spiro atoms. The van der Waals surface area contributed by atoms with Gasteiger partial charge in [0.25, 0.3) is 0 Å². The Kier molecular flexibility index (Phi) is 5.94. The molecule has 16 heavy (non-hydrogen) atoms. The first-order chi connectivity index (χ1) is 7.79. The predicted octanol–water partition coefficient (Wildman–Crippen LogP) is 3.70. The van der Waals surface area contributed by atoms with E-state index in [4.69, 9.17) is 4.74 Å². The predicted molar refractivity (Wildman–Crippen MR) is 66.7 cm³/mol. The number of benzene rings is 1. The quantitative estimate of drug-likeness (QED) is 0.713. The van der Waals surface area contributed by atoms with Gasteiger partial charge in [-0.2, -0.15) is 0 Å². The molecule has 2 nitrogen and oxygen atoms in total. The topological polar surface area (TPSA) is 29.5 Å². The van der Waals surface area contributed by atoms with Crippen LogP contribution in [0.4, 0.5) is 0 Å². The van der Waals surface area contributed by atoms with Gasteiger partial charge >= 0.3 is 0 Å². The molecule has 1 aromatic rings. The molecule has 0 aliphatic heterocycles. The monoisotopic (exact) mass is 222 g/mol. The van der Waals surface area contributed by atoms with Crippen LogP contribution in [0.3, 0.4) is 0 Å². The lowest BCUT2D eigenvalue weighted by Crippen LogP contribution is -2.03. The highest BCUT2D eigenvalue weighted by molar-refractivity contribution is 5.34. The molecule has 1 aromatic carbocycles. The van der Waals surface area contributed by atoms with E-state index < -0.39 is 6.10 Å². The van der Waals surface area contributed by atoms with Crippen LogP contribution in [0.25, 0.3) is 0 Å². The highest BCUT2D eigenvalue weighted by Gasteiger charge is 2.10. The van der Waals surface area contributed by atoms with Gasteiger partial charge in [-0.15, -0.1) is 0 Å². The van der Waals surface area contributed by atoms with Crippen LogP contribution >= 0.6 is 0 Å². The fourth-order valence-corrected chi connectivity index (χ4v) is 1.64. The molecular formula is C14H22O2. The van der Waals surface area contributed by atoms with Gasteiger partial charge in [0.1, 0.15) is 5.75 Å². The van der Waals surface area contributed by atoms with E-state index in [-0.39, 0.29) is 0 Å². The molecule has 0 saturated carbocycles. The van der Waals surface area contributed by atoms with Crippen molar-refractivity contribution in [3.05, 3.63) is 29.8 Å². The van der Waals surface area contributed by atoms with Gasteiger partial charge in [-0.05, 0) is 18.9 Å². The Bertz CT molecular complexity index is 297. The highest BCUT2D eigenvalue weighted by atomic mass is 16.5. The summed E-state index contributed by atoms with van der Waals surface area (Å²) in [5.74, 6) is 0.827. The van der Waals surface area contributed by atoms with Crippen LogP contribution in [-0.4, -0.2) is 11.7 Å². The largest absolute Gasteiger partial charge is 0.493 e. The van der Waals surface area contributed by atoms with Crippen LogP contribution in [0.15, 0.2) is 24.3 Å².